The van der Waals surface area contributed by atoms with Crippen molar-refractivity contribution in [1.82, 2.24) is 19.9 Å². The highest BCUT2D eigenvalue weighted by molar-refractivity contribution is 5.84. The normalized spacial score (nSPS) is 12.7. The van der Waals surface area contributed by atoms with Crippen LogP contribution < -0.4 is 5.32 Å². The minimum atomic E-state index is -0.160. The molecule has 2 heterocycles. The van der Waals surface area contributed by atoms with E-state index in [2.05, 4.69) is 51.9 Å². The molecule has 1 atom stereocenters. The summed E-state index contributed by atoms with van der Waals surface area (Å²) in [5.41, 5.74) is 4.06. The van der Waals surface area contributed by atoms with Crippen LogP contribution in [0.15, 0.2) is 54.6 Å². The molecule has 5 nitrogen and oxygen atoms in total. The summed E-state index contributed by atoms with van der Waals surface area (Å²) in [5, 5.41) is 4.32. The van der Waals surface area contributed by atoms with Crippen molar-refractivity contribution in [3.05, 3.63) is 66.1 Å². The average Bonchev–Trinajstić information content (AvgIpc) is 3.20. The molecule has 4 rings (SSSR count). The largest absolute Gasteiger partial charge is 0.344 e. The van der Waals surface area contributed by atoms with Crippen molar-refractivity contribution < 1.29 is 4.79 Å². The Morgan fingerprint density at radius 3 is 2.67 bits per heavy atom. The third-order valence-corrected chi connectivity index (χ3v) is 5.00. The Balaban J connectivity index is 1.58. The fourth-order valence-electron chi connectivity index (χ4n) is 3.59. The van der Waals surface area contributed by atoms with Gasteiger partial charge in [0.1, 0.15) is 12.4 Å². The first-order valence-corrected chi connectivity index (χ1v) is 9.32. The number of carbonyl (C=O) groups is 1. The Kier molecular flexibility index (Phi) is 4.44. The molecule has 0 saturated heterocycles. The number of amides is 1. The molecular formula is C22H24N4O. The third-order valence-electron chi connectivity index (χ3n) is 5.00. The number of fused-ring (bicyclic) bond motifs is 2. The van der Waals surface area contributed by atoms with Crippen molar-refractivity contribution in [2.24, 2.45) is 5.92 Å². The zero-order valence-corrected chi connectivity index (χ0v) is 15.9. The molecule has 0 bridgehead atoms. The summed E-state index contributed by atoms with van der Waals surface area (Å²) in [4.78, 5) is 20.9. The topological polar surface area (TPSA) is 62.7 Å². The number of para-hydroxylation sites is 3. The van der Waals surface area contributed by atoms with Gasteiger partial charge in [-0.3, -0.25) is 4.79 Å². The molecule has 4 aromatic rings. The van der Waals surface area contributed by atoms with E-state index in [1.54, 1.807) is 0 Å². The molecule has 0 radical (unpaired) electrons. The van der Waals surface area contributed by atoms with E-state index in [1.807, 2.05) is 43.3 Å². The molecule has 2 aromatic carbocycles. The van der Waals surface area contributed by atoms with Crippen LogP contribution >= 0.6 is 0 Å². The smallest absolute Gasteiger partial charge is 0.240 e. The van der Waals surface area contributed by atoms with E-state index in [0.29, 0.717) is 6.54 Å². The first-order valence-electron chi connectivity index (χ1n) is 9.32. The zero-order chi connectivity index (χ0) is 19.0. The Morgan fingerprint density at radius 2 is 1.89 bits per heavy atom. The van der Waals surface area contributed by atoms with Crippen LogP contribution in [-0.4, -0.2) is 20.4 Å². The molecule has 0 aliphatic carbocycles. The number of hydrogen-bond acceptors (Lipinski definition) is 2. The van der Waals surface area contributed by atoms with Gasteiger partial charge in [0, 0.05) is 11.2 Å². The van der Waals surface area contributed by atoms with Gasteiger partial charge in [0.25, 0.3) is 0 Å². The number of aryl methyl sites for hydroxylation is 1. The van der Waals surface area contributed by atoms with Crippen LogP contribution in [0.4, 0.5) is 0 Å². The van der Waals surface area contributed by atoms with Crippen molar-refractivity contribution in [3.8, 4) is 0 Å². The van der Waals surface area contributed by atoms with Crippen LogP contribution in [0.5, 0.6) is 0 Å². The van der Waals surface area contributed by atoms with Crippen LogP contribution in [0.2, 0.25) is 0 Å². The van der Waals surface area contributed by atoms with Gasteiger partial charge in [-0.25, -0.2) is 4.98 Å². The number of rotatable bonds is 5. The highest BCUT2D eigenvalue weighted by Crippen LogP contribution is 2.23. The molecule has 1 amide bonds. The number of benzene rings is 2. The molecule has 0 aliphatic rings. The third kappa shape index (κ3) is 3.33. The number of H-pyrrole nitrogens is 1. The predicted molar refractivity (Wildman–Crippen MR) is 108 cm³/mol. The molecule has 2 N–H and O–H groups in total. The zero-order valence-electron chi connectivity index (χ0n) is 15.9. The number of aromatic amines is 1. The molecule has 0 fully saturated rings. The van der Waals surface area contributed by atoms with Crippen LogP contribution in [0.1, 0.15) is 31.4 Å². The fraction of sp³-hybridized carbons (Fsp3) is 0.273. The summed E-state index contributed by atoms with van der Waals surface area (Å²) >= 11 is 0. The molecule has 0 saturated carbocycles. The van der Waals surface area contributed by atoms with Crippen molar-refractivity contribution in [2.45, 2.75) is 33.4 Å². The van der Waals surface area contributed by atoms with E-state index in [4.69, 9.17) is 0 Å². The Labute approximate surface area is 158 Å². The van der Waals surface area contributed by atoms with Crippen molar-refractivity contribution in [3.63, 3.8) is 0 Å². The highest BCUT2D eigenvalue weighted by atomic mass is 16.2. The van der Waals surface area contributed by atoms with Gasteiger partial charge in [-0.2, -0.15) is 0 Å². The average molecular weight is 360 g/mol. The molecule has 5 heteroatoms. The second-order valence-electron chi connectivity index (χ2n) is 7.36. The summed E-state index contributed by atoms with van der Waals surface area (Å²) in [6, 6.07) is 18.0. The summed E-state index contributed by atoms with van der Waals surface area (Å²) < 4.78 is 2.06. The lowest BCUT2D eigenvalue weighted by Crippen LogP contribution is -2.35. The van der Waals surface area contributed by atoms with Crippen LogP contribution in [-0.2, 0) is 11.3 Å². The highest BCUT2D eigenvalue weighted by Gasteiger charge is 2.22. The van der Waals surface area contributed by atoms with Crippen molar-refractivity contribution in [1.29, 1.82) is 0 Å². The minimum Gasteiger partial charge on any atom is -0.344 e. The number of imidazole rings is 1. The van der Waals surface area contributed by atoms with Gasteiger partial charge < -0.3 is 14.9 Å². The van der Waals surface area contributed by atoms with E-state index < -0.39 is 0 Å². The Hall–Kier alpha value is -3.08. The summed E-state index contributed by atoms with van der Waals surface area (Å²) in [7, 11) is 0. The van der Waals surface area contributed by atoms with E-state index in [9.17, 15) is 4.79 Å². The van der Waals surface area contributed by atoms with Crippen LogP contribution in [0.25, 0.3) is 21.9 Å². The van der Waals surface area contributed by atoms with Gasteiger partial charge in [-0.05, 0) is 42.5 Å². The second-order valence-corrected chi connectivity index (χ2v) is 7.36. The molecule has 27 heavy (non-hydrogen) atoms. The van der Waals surface area contributed by atoms with Crippen LogP contribution in [0.3, 0.4) is 0 Å². The van der Waals surface area contributed by atoms with Crippen molar-refractivity contribution in [2.75, 3.05) is 0 Å². The Bertz CT molecular complexity index is 1070. The maximum absolute atomic E-state index is 12.8. The molecular weight excluding hydrogens is 336 g/mol. The van der Waals surface area contributed by atoms with E-state index in [1.165, 1.54) is 0 Å². The summed E-state index contributed by atoms with van der Waals surface area (Å²) in [6.07, 6.45) is 0. The lowest BCUT2D eigenvalue weighted by atomic mass is 10.0. The standard InChI is InChI=1S/C22H24N4O/c1-14(2)21(22-23-17-9-5-6-10-18(17)24-22)25-20(27)13-26-15(3)12-16-8-4-7-11-19(16)26/h4-12,14,21H,13H2,1-3H3,(H,23,24)(H,25,27)/t21-/m1/s1. The van der Waals surface area contributed by atoms with Gasteiger partial charge in [-0.1, -0.05) is 44.2 Å². The van der Waals surface area contributed by atoms with Gasteiger partial charge in [-0.15, -0.1) is 0 Å². The fourth-order valence-corrected chi connectivity index (χ4v) is 3.59. The predicted octanol–water partition coefficient (Wildman–Crippen LogP) is 4.34. The molecule has 138 valence electrons. The minimum absolute atomic E-state index is 0.0152. The number of nitrogens with zero attached hydrogens (tertiary/aromatic N) is 2. The summed E-state index contributed by atoms with van der Waals surface area (Å²) in [5.74, 6) is 1.00. The van der Waals surface area contributed by atoms with E-state index in [0.717, 1.165) is 33.5 Å². The molecule has 2 aromatic heterocycles. The number of nitrogens with one attached hydrogen (secondary N) is 2. The van der Waals surface area contributed by atoms with Gasteiger partial charge in [0.15, 0.2) is 0 Å². The number of hydrogen-bond donors (Lipinski definition) is 2. The molecule has 0 spiro atoms. The SMILES string of the molecule is Cc1cc2ccccc2n1CC(=O)N[C@@H](c1nc2ccccc2[nH]1)C(C)C. The number of aromatic nitrogens is 3. The lowest BCUT2D eigenvalue weighted by molar-refractivity contribution is -0.122. The van der Waals surface area contributed by atoms with E-state index >= 15 is 0 Å². The summed E-state index contributed by atoms with van der Waals surface area (Å²) in [6.45, 7) is 6.51. The monoisotopic (exact) mass is 360 g/mol. The maximum Gasteiger partial charge on any atom is 0.240 e. The first kappa shape index (κ1) is 17.3. The van der Waals surface area contributed by atoms with Gasteiger partial charge in [0.2, 0.25) is 5.91 Å². The molecule has 0 unspecified atom stereocenters. The van der Waals surface area contributed by atoms with Crippen LogP contribution in [0, 0.1) is 12.8 Å². The van der Waals surface area contributed by atoms with E-state index in [-0.39, 0.29) is 17.9 Å². The quantitative estimate of drug-likeness (QED) is 0.556. The lowest BCUT2D eigenvalue weighted by Gasteiger charge is -2.21. The van der Waals surface area contributed by atoms with Gasteiger partial charge in [0.05, 0.1) is 17.1 Å². The maximum atomic E-state index is 12.8. The van der Waals surface area contributed by atoms with Gasteiger partial charge >= 0.3 is 0 Å². The molecule has 0 aliphatic heterocycles. The Morgan fingerprint density at radius 1 is 1.15 bits per heavy atom. The second kappa shape index (κ2) is 6.91. The van der Waals surface area contributed by atoms with Crippen molar-refractivity contribution >= 4 is 27.8 Å². The number of carbonyl (C=O) groups excluding carboxylic acids is 1. The first-order chi connectivity index (χ1) is 13.0.